The summed E-state index contributed by atoms with van der Waals surface area (Å²) in [5.41, 5.74) is 3.28. The van der Waals surface area contributed by atoms with Crippen molar-refractivity contribution in [3.8, 4) is 5.75 Å². The largest absolute Gasteiger partial charge is 0.489 e. The normalized spacial score (nSPS) is 10.9. The molecule has 0 aliphatic carbocycles. The summed E-state index contributed by atoms with van der Waals surface area (Å²) in [6.45, 7) is 1.58. The Hall–Kier alpha value is -3.05. The molecule has 0 aromatic heterocycles. The van der Waals surface area contributed by atoms with Gasteiger partial charge < -0.3 is 15.2 Å². The van der Waals surface area contributed by atoms with Crippen molar-refractivity contribution in [2.45, 2.75) is 19.7 Å². The number of hydrogen-bond acceptors (Lipinski definition) is 3. The highest BCUT2D eigenvalue weighted by molar-refractivity contribution is 6.42. The van der Waals surface area contributed by atoms with Crippen LogP contribution in [-0.2, 0) is 19.7 Å². The van der Waals surface area contributed by atoms with Gasteiger partial charge in [0.15, 0.2) is 0 Å². The van der Waals surface area contributed by atoms with Gasteiger partial charge in [-0.25, -0.2) is 4.79 Å². The summed E-state index contributed by atoms with van der Waals surface area (Å²) in [5.74, 6) is -0.132. The van der Waals surface area contributed by atoms with Gasteiger partial charge in [0, 0.05) is 18.7 Å². The molecule has 0 atom stereocenters. The summed E-state index contributed by atoms with van der Waals surface area (Å²) in [6.07, 6.45) is 0. The minimum atomic E-state index is -0.927. The third-order valence-electron chi connectivity index (χ3n) is 5.21. The van der Waals surface area contributed by atoms with Gasteiger partial charge in [-0.15, -0.1) is 0 Å². The third kappa shape index (κ3) is 5.22. The molecule has 0 aliphatic rings. The summed E-state index contributed by atoms with van der Waals surface area (Å²) in [6, 6.07) is 24.6. The number of rotatable bonds is 8. The molecule has 4 aromatic carbocycles. The van der Waals surface area contributed by atoms with Crippen LogP contribution in [0.5, 0.6) is 5.75 Å². The molecule has 0 saturated carbocycles. The van der Waals surface area contributed by atoms with Gasteiger partial charge in [-0.05, 0) is 52.2 Å². The van der Waals surface area contributed by atoms with Crippen LogP contribution in [0.4, 0.5) is 0 Å². The van der Waals surface area contributed by atoms with Crippen molar-refractivity contribution in [3.63, 3.8) is 0 Å². The van der Waals surface area contributed by atoms with Gasteiger partial charge in [0.25, 0.3) is 0 Å². The standard InChI is InChI=1S/C26H21Cl2NO3/c27-23-11-7-18(13-24(23)28)16-32-25-12-10-19-3-1-2-4-21(19)22(25)15-29-14-17-5-8-20(9-6-17)26(30)31/h1-13,29H,14-16H2,(H,30,31). The molecule has 162 valence electrons. The Morgan fingerprint density at radius 3 is 2.34 bits per heavy atom. The molecule has 0 fully saturated rings. The fraction of sp³-hybridized carbons (Fsp3) is 0.115. The molecule has 0 saturated heterocycles. The second-order valence-corrected chi connectivity index (χ2v) is 8.22. The summed E-state index contributed by atoms with van der Waals surface area (Å²) >= 11 is 12.1. The summed E-state index contributed by atoms with van der Waals surface area (Å²) in [7, 11) is 0. The number of fused-ring (bicyclic) bond motifs is 1. The first kappa shape index (κ1) is 22.2. The van der Waals surface area contributed by atoms with E-state index in [1.807, 2.05) is 48.5 Å². The highest BCUT2D eigenvalue weighted by Crippen LogP contribution is 2.30. The topological polar surface area (TPSA) is 58.6 Å². The molecule has 4 rings (SSSR count). The van der Waals surface area contributed by atoms with E-state index in [-0.39, 0.29) is 5.56 Å². The van der Waals surface area contributed by atoms with E-state index in [0.717, 1.165) is 33.2 Å². The fourth-order valence-corrected chi connectivity index (χ4v) is 3.84. The van der Waals surface area contributed by atoms with E-state index in [0.29, 0.717) is 29.7 Å². The highest BCUT2D eigenvalue weighted by atomic mass is 35.5. The van der Waals surface area contributed by atoms with Gasteiger partial charge in [0.2, 0.25) is 0 Å². The van der Waals surface area contributed by atoms with Gasteiger partial charge in [0.1, 0.15) is 12.4 Å². The maximum absolute atomic E-state index is 11.0. The number of carboxylic acids is 1. The molecule has 4 aromatic rings. The Labute approximate surface area is 196 Å². The van der Waals surface area contributed by atoms with E-state index in [9.17, 15) is 4.79 Å². The van der Waals surface area contributed by atoms with Gasteiger partial charge in [0.05, 0.1) is 15.6 Å². The van der Waals surface area contributed by atoms with Crippen LogP contribution in [0, 0.1) is 0 Å². The van der Waals surface area contributed by atoms with Crippen LogP contribution in [0.1, 0.15) is 27.0 Å². The number of carbonyl (C=O) groups is 1. The van der Waals surface area contributed by atoms with Crippen LogP contribution in [0.3, 0.4) is 0 Å². The summed E-state index contributed by atoms with van der Waals surface area (Å²) in [5, 5.41) is 15.8. The zero-order chi connectivity index (χ0) is 22.5. The molecule has 0 spiro atoms. The average molecular weight is 466 g/mol. The van der Waals surface area contributed by atoms with Crippen LogP contribution in [0.15, 0.2) is 78.9 Å². The van der Waals surface area contributed by atoms with Crippen molar-refractivity contribution in [3.05, 3.63) is 111 Å². The van der Waals surface area contributed by atoms with E-state index in [4.69, 9.17) is 33.0 Å². The number of ether oxygens (including phenoxy) is 1. The Kier molecular flexibility index (Phi) is 6.96. The number of aromatic carboxylic acids is 1. The number of hydrogen-bond donors (Lipinski definition) is 2. The van der Waals surface area contributed by atoms with Gasteiger partial charge >= 0.3 is 5.97 Å². The third-order valence-corrected chi connectivity index (χ3v) is 5.95. The maximum atomic E-state index is 11.0. The van der Waals surface area contributed by atoms with Crippen LogP contribution in [-0.4, -0.2) is 11.1 Å². The smallest absolute Gasteiger partial charge is 0.335 e. The quantitative estimate of drug-likeness (QED) is 0.303. The minimum absolute atomic E-state index is 0.279. The predicted octanol–water partition coefficient (Wildman–Crippen LogP) is 6.71. The van der Waals surface area contributed by atoms with Gasteiger partial charge in [-0.1, -0.05) is 71.7 Å². The lowest BCUT2D eigenvalue weighted by atomic mass is 10.0. The van der Waals surface area contributed by atoms with Gasteiger partial charge in [-0.3, -0.25) is 0 Å². The van der Waals surface area contributed by atoms with Crippen LogP contribution in [0.2, 0.25) is 10.0 Å². The lowest BCUT2D eigenvalue weighted by Gasteiger charge is -2.16. The van der Waals surface area contributed by atoms with Crippen molar-refractivity contribution in [1.29, 1.82) is 0 Å². The van der Waals surface area contributed by atoms with Crippen molar-refractivity contribution in [2.24, 2.45) is 0 Å². The van der Waals surface area contributed by atoms with Crippen LogP contribution < -0.4 is 10.1 Å². The molecular formula is C26H21Cl2NO3. The van der Waals surface area contributed by atoms with Crippen LogP contribution in [0.25, 0.3) is 10.8 Å². The number of benzene rings is 4. The molecule has 0 bridgehead atoms. The van der Waals surface area contributed by atoms with E-state index < -0.39 is 5.97 Å². The number of nitrogens with one attached hydrogen (secondary N) is 1. The minimum Gasteiger partial charge on any atom is -0.489 e. The second-order valence-electron chi connectivity index (χ2n) is 7.41. The molecule has 4 nitrogen and oxygen atoms in total. The van der Waals surface area contributed by atoms with Crippen molar-refractivity contribution < 1.29 is 14.6 Å². The molecule has 32 heavy (non-hydrogen) atoms. The number of halogens is 2. The molecular weight excluding hydrogens is 445 g/mol. The molecule has 6 heteroatoms. The summed E-state index contributed by atoms with van der Waals surface area (Å²) in [4.78, 5) is 11.0. The van der Waals surface area contributed by atoms with Crippen molar-refractivity contribution >= 4 is 39.9 Å². The first-order chi connectivity index (χ1) is 15.5. The van der Waals surface area contributed by atoms with E-state index >= 15 is 0 Å². The molecule has 0 unspecified atom stereocenters. The monoisotopic (exact) mass is 465 g/mol. The average Bonchev–Trinajstić information content (AvgIpc) is 2.80. The first-order valence-corrected chi connectivity index (χ1v) is 10.9. The Morgan fingerprint density at radius 2 is 1.59 bits per heavy atom. The molecule has 0 aliphatic heterocycles. The predicted molar refractivity (Wildman–Crippen MR) is 129 cm³/mol. The van der Waals surface area contributed by atoms with E-state index in [1.165, 1.54) is 0 Å². The molecule has 0 amide bonds. The fourth-order valence-electron chi connectivity index (χ4n) is 3.52. The Bertz CT molecular complexity index is 1260. The zero-order valence-electron chi connectivity index (χ0n) is 17.1. The van der Waals surface area contributed by atoms with Crippen molar-refractivity contribution in [1.82, 2.24) is 5.32 Å². The van der Waals surface area contributed by atoms with Crippen LogP contribution >= 0.6 is 23.2 Å². The lowest BCUT2D eigenvalue weighted by molar-refractivity contribution is 0.0697. The van der Waals surface area contributed by atoms with Crippen molar-refractivity contribution in [2.75, 3.05) is 0 Å². The Morgan fingerprint density at radius 1 is 0.844 bits per heavy atom. The SMILES string of the molecule is O=C(O)c1ccc(CNCc2c(OCc3ccc(Cl)c(Cl)c3)ccc3ccccc23)cc1. The van der Waals surface area contributed by atoms with E-state index in [1.54, 1.807) is 18.2 Å². The van der Waals surface area contributed by atoms with Gasteiger partial charge in [-0.2, -0.15) is 0 Å². The first-order valence-electron chi connectivity index (χ1n) is 10.1. The molecule has 0 radical (unpaired) electrons. The summed E-state index contributed by atoms with van der Waals surface area (Å²) < 4.78 is 6.16. The van der Waals surface area contributed by atoms with E-state index in [2.05, 4.69) is 17.4 Å². The maximum Gasteiger partial charge on any atom is 0.335 e. The Balaban J connectivity index is 1.51. The highest BCUT2D eigenvalue weighted by Gasteiger charge is 2.10. The lowest BCUT2D eigenvalue weighted by Crippen LogP contribution is -2.14. The molecule has 2 N–H and O–H groups in total. The second kappa shape index (κ2) is 10.0. The molecule has 0 heterocycles. The zero-order valence-corrected chi connectivity index (χ0v) is 18.7. The number of carboxylic acid groups (broad SMARTS) is 1.